The molecule has 7 heteroatoms. The molecule has 3 aromatic rings. The summed E-state index contributed by atoms with van der Waals surface area (Å²) in [6, 6.07) is 14.6. The Hall–Kier alpha value is -3.12. The molecular weight excluding hydrogens is 356 g/mol. The van der Waals surface area contributed by atoms with Crippen LogP contribution < -0.4 is 0 Å². The number of hydrogen-bond donors (Lipinski definition) is 1. The third kappa shape index (κ3) is 3.45. The van der Waals surface area contributed by atoms with Crippen LogP contribution in [0.25, 0.3) is 10.8 Å². The van der Waals surface area contributed by atoms with Crippen molar-refractivity contribution in [1.82, 2.24) is 4.90 Å². The summed E-state index contributed by atoms with van der Waals surface area (Å²) in [5, 5.41) is 23.1. The number of aromatic hydroxyl groups is 1. The zero-order valence-electron chi connectivity index (χ0n) is 13.8. The van der Waals surface area contributed by atoms with Crippen LogP contribution in [0.1, 0.15) is 15.9 Å². The quantitative estimate of drug-likeness (QED) is 0.545. The Morgan fingerprint density at radius 2 is 1.81 bits per heavy atom. The summed E-state index contributed by atoms with van der Waals surface area (Å²) in [4.78, 5) is 24.5. The second-order valence-electron chi connectivity index (χ2n) is 5.91. The number of phenols is 1. The van der Waals surface area contributed by atoms with Crippen LogP contribution in [0.5, 0.6) is 5.75 Å². The smallest absolute Gasteiger partial charge is 0.269 e. The minimum Gasteiger partial charge on any atom is -0.507 e. The molecule has 0 spiro atoms. The summed E-state index contributed by atoms with van der Waals surface area (Å²) in [5.41, 5.74) is 0.517. The summed E-state index contributed by atoms with van der Waals surface area (Å²) in [6.45, 7) is 0.0750. The molecule has 0 bridgehead atoms. The fourth-order valence-electron chi connectivity index (χ4n) is 2.73. The second-order valence-corrected chi connectivity index (χ2v) is 6.32. The topological polar surface area (TPSA) is 83.7 Å². The maximum atomic E-state index is 12.7. The van der Waals surface area contributed by atoms with Crippen molar-refractivity contribution in [3.63, 3.8) is 0 Å². The summed E-state index contributed by atoms with van der Waals surface area (Å²) in [6.07, 6.45) is 0. The summed E-state index contributed by atoms with van der Waals surface area (Å²) < 4.78 is 0. The Morgan fingerprint density at radius 1 is 1.15 bits per heavy atom. The number of nitro benzene ring substituents is 1. The summed E-state index contributed by atoms with van der Waals surface area (Å²) in [5.74, 6) is -0.526. The summed E-state index contributed by atoms with van der Waals surface area (Å²) >= 11 is 6.10. The van der Waals surface area contributed by atoms with Gasteiger partial charge in [0.2, 0.25) is 0 Å². The Labute approximate surface area is 154 Å². The largest absolute Gasteiger partial charge is 0.507 e. The molecule has 0 radical (unpaired) electrons. The Morgan fingerprint density at radius 3 is 2.46 bits per heavy atom. The molecule has 0 fully saturated rings. The fraction of sp³-hybridized carbons (Fsp3) is 0.105. The number of phenolic OH excluding ortho intramolecular Hbond substituents is 1. The van der Waals surface area contributed by atoms with Gasteiger partial charge in [-0.15, -0.1) is 0 Å². The first-order valence-electron chi connectivity index (χ1n) is 7.77. The van der Waals surface area contributed by atoms with E-state index in [0.29, 0.717) is 10.6 Å². The van der Waals surface area contributed by atoms with Crippen LogP contribution in [0.2, 0.25) is 5.02 Å². The van der Waals surface area contributed by atoms with Crippen molar-refractivity contribution in [2.75, 3.05) is 7.05 Å². The van der Waals surface area contributed by atoms with Gasteiger partial charge in [0, 0.05) is 30.7 Å². The number of fused-ring (bicyclic) bond motifs is 1. The maximum Gasteiger partial charge on any atom is 0.269 e. The molecule has 1 amide bonds. The third-order valence-electron chi connectivity index (χ3n) is 4.09. The first kappa shape index (κ1) is 17.7. The molecular formula is C19H15ClN2O4. The lowest BCUT2D eigenvalue weighted by Crippen LogP contribution is -2.26. The zero-order valence-corrected chi connectivity index (χ0v) is 14.6. The number of amides is 1. The van der Waals surface area contributed by atoms with Crippen LogP contribution >= 0.6 is 11.6 Å². The number of nitro groups is 1. The van der Waals surface area contributed by atoms with Crippen molar-refractivity contribution in [3.05, 3.63) is 80.9 Å². The van der Waals surface area contributed by atoms with E-state index in [9.17, 15) is 20.0 Å². The molecule has 0 saturated heterocycles. The van der Waals surface area contributed by atoms with E-state index < -0.39 is 10.8 Å². The SMILES string of the molecule is CN(Cc1cc([N+](=O)[O-])ccc1Cl)C(=O)c1cc2ccccc2cc1O. The number of hydrogen-bond acceptors (Lipinski definition) is 4. The predicted molar refractivity (Wildman–Crippen MR) is 99.5 cm³/mol. The van der Waals surface area contributed by atoms with E-state index >= 15 is 0 Å². The molecule has 132 valence electrons. The minimum absolute atomic E-state index is 0.0750. The van der Waals surface area contributed by atoms with Crippen molar-refractivity contribution in [1.29, 1.82) is 0 Å². The molecule has 0 atom stereocenters. The van der Waals surface area contributed by atoms with Gasteiger partial charge in [-0.25, -0.2) is 0 Å². The number of non-ortho nitro benzene ring substituents is 1. The van der Waals surface area contributed by atoms with Crippen molar-refractivity contribution in [3.8, 4) is 5.75 Å². The normalized spacial score (nSPS) is 10.7. The molecule has 3 aromatic carbocycles. The third-order valence-corrected chi connectivity index (χ3v) is 4.46. The van der Waals surface area contributed by atoms with Gasteiger partial charge in [-0.1, -0.05) is 35.9 Å². The van der Waals surface area contributed by atoms with Crippen LogP contribution in [-0.4, -0.2) is 27.9 Å². The van der Waals surface area contributed by atoms with Gasteiger partial charge in [-0.2, -0.15) is 0 Å². The van der Waals surface area contributed by atoms with E-state index in [1.54, 1.807) is 13.1 Å². The van der Waals surface area contributed by atoms with Gasteiger partial charge < -0.3 is 10.0 Å². The molecule has 3 rings (SSSR count). The van der Waals surface area contributed by atoms with Crippen LogP contribution in [-0.2, 0) is 6.54 Å². The second kappa shape index (κ2) is 7.01. The van der Waals surface area contributed by atoms with Crippen molar-refractivity contribution >= 4 is 34.0 Å². The Balaban J connectivity index is 1.90. The molecule has 6 nitrogen and oxygen atoms in total. The zero-order chi connectivity index (χ0) is 18.8. The average Bonchev–Trinajstić information content (AvgIpc) is 2.62. The highest BCUT2D eigenvalue weighted by Gasteiger charge is 2.19. The number of carbonyl (C=O) groups excluding carboxylic acids is 1. The lowest BCUT2D eigenvalue weighted by atomic mass is 10.0. The van der Waals surface area contributed by atoms with Gasteiger partial charge >= 0.3 is 0 Å². The van der Waals surface area contributed by atoms with E-state index in [1.165, 1.54) is 29.2 Å². The standard InChI is InChI=1S/C19H15ClN2O4/c1-21(11-14-8-15(22(25)26)6-7-17(14)20)19(24)16-9-12-4-2-3-5-13(12)10-18(16)23/h2-10,23H,11H2,1H3. The Kier molecular flexibility index (Phi) is 4.77. The average molecular weight is 371 g/mol. The monoisotopic (exact) mass is 370 g/mol. The van der Waals surface area contributed by atoms with Crippen LogP contribution in [0.4, 0.5) is 5.69 Å². The molecule has 26 heavy (non-hydrogen) atoms. The molecule has 0 aliphatic rings. The number of carbonyl (C=O) groups is 1. The first-order valence-corrected chi connectivity index (χ1v) is 8.14. The van der Waals surface area contributed by atoms with Crippen LogP contribution in [0.15, 0.2) is 54.6 Å². The van der Waals surface area contributed by atoms with Gasteiger partial charge in [-0.3, -0.25) is 14.9 Å². The molecule has 1 N–H and O–H groups in total. The number of halogens is 1. The maximum absolute atomic E-state index is 12.7. The van der Waals surface area contributed by atoms with Crippen molar-refractivity contribution < 1.29 is 14.8 Å². The van der Waals surface area contributed by atoms with Crippen molar-refractivity contribution in [2.24, 2.45) is 0 Å². The van der Waals surface area contributed by atoms with Gasteiger partial charge in [0.15, 0.2) is 0 Å². The minimum atomic E-state index is -0.517. The highest BCUT2D eigenvalue weighted by atomic mass is 35.5. The molecule has 0 unspecified atom stereocenters. The predicted octanol–water partition coefficient (Wildman–Crippen LogP) is 4.38. The lowest BCUT2D eigenvalue weighted by molar-refractivity contribution is -0.384. The summed E-state index contributed by atoms with van der Waals surface area (Å²) in [7, 11) is 1.55. The fourth-order valence-corrected chi connectivity index (χ4v) is 2.91. The number of rotatable bonds is 4. The Bertz CT molecular complexity index is 1020. The van der Waals surface area contributed by atoms with Gasteiger partial charge in [0.25, 0.3) is 11.6 Å². The number of benzene rings is 3. The van der Waals surface area contributed by atoms with E-state index in [0.717, 1.165) is 10.8 Å². The van der Waals surface area contributed by atoms with E-state index in [-0.39, 0.29) is 23.5 Å². The van der Waals surface area contributed by atoms with Crippen LogP contribution in [0, 0.1) is 10.1 Å². The van der Waals surface area contributed by atoms with E-state index in [2.05, 4.69) is 0 Å². The van der Waals surface area contributed by atoms with E-state index in [4.69, 9.17) is 11.6 Å². The van der Waals surface area contributed by atoms with Crippen LogP contribution in [0.3, 0.4) is 0 Å². The number of nitrogens with zero attached hydrogens (tertiary/aromatic N) is 2. The highest BCUT2D eigenvalue weighted by molar-refractivity contribution is 6.31. The molecule has 0 saturated carbocycles. The van der Waals surface area contributed by atoms with Gasteiger partial charge in [-0.05, 0) is 34.5 Å². The molecule has 0 aliphatic carbocycles. The lowest BCUT2D eigenvalue weighted by Gasteiger charge is -2.19. The van der Waals surface area contributed by atoms with Crippen molar-refractivity contribution in [2.45, 2.75) is 6.54 Å². The first-order chi connectivity index (χ1) is 12.4. The molecule has 0 heterocycles. The molecule has 0 aromatic heterocycles. The highest BCUT2D eigenvalue weighted by Crippen LogP contribution is 2.28. The van der Waals surface area contributed by atoms with E-state index in [1.807, 2.05) is 24.3 Å². The van der Waals surface area contributed by atoms with Gasteiger partial charge in [0.1, 0.15) is 5.75 Å². The molecule has 0 aliphatic heterocycles. The van der Waals surface area contributed by atoms with Gasteiger partial charge in [0.05, 0.1) is 10.5 Å².